The maximum Gasteiger partial charge on any atom is 0.119 e. The molecule has 0 fully saturated rings. The van der Waals surface area contributed by atoms with Crippen LogP contribution >= 0.6 is 0 Å². The summed E-state index contributed by atoms with van der Waals surface area (Å²) < 4.78 is 5.71. The van der Waals surface area contributed by atoms with Crippen molar-refractivity contribution >= 4 is 11.0 Å². The first kappa shape index (κ1) is 15.6. The molecule has 0 saturated heterocycles. The fourth-order valence-corrected chi connectivity index (χ4v) is 2.83. The molecule has 3 heteroatoms. The number of hydrogen-bond acceptors (Lipinski definition) is 2. The SMILES string of the molecule is Cc1nc2ccc(CCCCCCOc3ccccc3)cc2[nH]1. The third-order valence-electron chi connectivity index (χ3n) is 4.04. The van der Waals surface area contributed by atoms with Gasteiger partial charge in [0.15, 0.2) is 0 Å². The standard InChI is InChI=1S/C20H24N2O/c1-16-21-19-13-12-17(15-20(19)22-16)9-5-2-3-8-14-23-18-10-6-4-7-11-18/h4,6-7,10-13,15H,2-3,5,8-9,14H2,1H3,(H,21,22). The highest BCUT2D eigenvalue weighted by Crippen LogP contribution is 2.16. The maximum atomic E-state index is 5.71. The molecule has 3 aromatic rings. The van der Waals surface area contributed by atoms with Crippen molar-refractivity contribution in [2.24, 2.45) is 0 Å². The lowest BCUT2D eigenvalue weighted by Gasteiger charge is -2.06. The van der Waals surface area contributed by atoms with E-state index in [4.69, 9.17) is 4.74 Å². The molecule has 0 aliphatic rings. The van der Waals surface area contributed by atoms with Crippen LogP contribution in [0.2, 0.25) is 0 Å². The van der Waals surface area contributed by atoms with Crippen LogP contribution in [0.3, 0.4) is 0 Å². The number of ether oxygens (including phenoxy) is 1. The van der Waals surface area contributed by atoms with Crippen LogP contribution in [0, 0.1) is 6.92 Å². The first-order chi connectivity index (χ1) is 11.3. The average Bonchev–Trinajstić information content (AvgIpc) is 2.94. The average molecular weight is 308 g/mol. The molecule has 0 atom stereocenters. The van der Waals surface area contributed by atoms with E-state index in [1.807, 2.05) is 37.3 Å². The molecule has 0 aliphatic carbocycles. The second-order valence-corrected chi connectivity index (χ2v) is 6.00. The number of para-hydroxylation sites is 1. The Labute approximate surface area is 137 Å². The molecule has 1 heterocycles. The van der Waals surface area contributed by atoms with Gasteiger partial charge in [0.1, 0.15) is 11.6 Å². The Bertz CT molecular complexity index is 734. The van der Waals surface area contributed by atoms with Crippen LogP contribution in [0.15, 0.2) is 48.5 Å². The van der Waals surface area contributed by atoms with E-state index < -0.39 is 0 Å². The zero-order valence-corrected chi connectivity index (χ0v) is 13.7. The van der Waals surface area contributed by atoms with Crippen LogP contribution in [-0.4, -0.2) is 16.6 Å². The number of nitrogens with zero attached hydrogens (tertiary/aromatic N) is 1. The molecule has 23 heavy (non-hydrogen) atoms. The van der Waals surface area contributed by atoms with Crippen LogP contribution in [0.25, 0.3) is 11.0 Å². The van der Waals surface area contributed by atoms with Crippen LogP contribution in [0.4, 0.5) is 0 Å². The summed E-state index contributed by atoms with van der Waals surface area (Å²) in [7, 11) is 0. The van der Waals surface area contributed by atoms with Gasteiger partial charge in [-0.3, -0.25) is 0 Å². The molecular formula is C20H24N2O. The monoisotopic (exact) mass is 308 g/mol. The summed E-state index contributed by atoms with van der Waals surface area (Å²) >= 11 is 0. The van der Waals surface area contributed by atoms with Gasteiger partial charge >= 0.3 is 0 Å². The van der Waals surface area contributed by atoms with Crippen LogP contribution in [-0.2, 0) is 6.42 Å². The largest absolute Gasteiger partial charge is 0.494 e. The van der Waals surface area contributed by atoms with Crippen LogP contribution in [0.1, 0.15) is 37.1 Å². The molecule has 3 rings (SSSR count). The number of fused-ring (bicyclic) bond motifs is 1. The van der Waals surface area contributed by atoms with E-state index in [0.717, 1.165) is 42.1 Å². The Hall–Kier alpha value is -2.29. The summed E-state index contributed by atoms with van der Waals surface area (Å²) in [4.78, 5) is 7.75. The van der Waals surface area contributed by atoms with Crippen molar-refractivity contribution in [2.45, 2.75) is 39.0 Å². The van der Waals surface area contributed by atoms with Crippen LogP contribution < -0.4 is 4.74 Å². The molecule has 0 spiro atoms. The lowest BCUT2D eigenvalue weighted by atomic mass is 10.1. The number of imidazole rings is 1. The fraction of sp³-hybridized carbons (Fsp3) is 0.350. The number of hydrogen-bond donors (Lipinski definition) is 1. The Kier molecular flexibility index (Phi) is 5.30. The first-order valence-corrected chi connectivity index (χ1v) is 8.44. The number of H-pyrrole nitrogens is 1. The topological polar surface area (TPSA) is 37.9 Å². The van der Waals surface area contributed by atoms with Crippen molar-refractivity contribution in [3.05, 3.63) is 59.9 Å². The van der Waals surface area contributed by atoms with Gasteiger partial charge in [-0.2, -0.15) is 0 Å². The molecule has 1 N–H and O–H groups in total. The van der Waals surface area contributed by atoms with Gasteiger partial charge in [-0.25, -0.2) is 4.98 Å². The molecular weight excluding hydrogens is 284 g/mol. The molecule has 0 bridgehead atoms. The normalized spacial score (nSPS) is 11.0. The number of aryl methyl sites for hydroxylation is 2. The van der Waals surface area contributed by atoms with Crippen molar-refractivity contribution in [1.82, 2.24) is 9.97 Å². The molecule has 2 aromatic carbocycles. The molecule has 0 radical (unpaired) electrons. The first-order valence-electron chi connectivity index (χ1n) is 8.44. The summed E-state index contributed by atoms with van der Waals surface area (Å²) in [6, 6.07) is 16.6. The highest BCUT2D eigenvalue weighted by Gasteiger charge is 2.01. The zero-order chi connectivity index (χ0) is 15.9. The highest BCUT2D eigenvalue weighted by atomic mass is 16.5. The third-order valence-corrected chi connectivity index (χ3v) is 4.04. The highest BCUT2D eigenvalue weighted by molar-refractivity contribution is 5.75. The second-order valence-electron chi connectivity index (χ2n) is 6.00. The summed E-state index contributed by atoms with van der Waals surface area (Å²) in [5.41, 5.74) is 3.60. The van der Waals surface area contributed by atoms with E-state index in [-0.39, 0.29) is 0 Å². The Morgan fingerprint density at radius 3 is 2.65 bits per heavy atom. The van der Waals surface area contributed by atoms with Gasteiger partial charge in [-0.1, -0.05) is 37.1 Å². The summed E-state index contributed by atoms with van der Waals surface area (Å²) in [5.74, 6) is 1.95. The molecule has 1 aromatic heterocycles. The predicted octanol–water partition coefficient (Wildman–Crippen LogP) is 5.05. The van der Waals surface area contributed by atoms with Gasteiger partial charge in [0, 0.05) is 0 Å². The van der Waals surface area contributed by atoms with Crippen molar-refractivity contribution in [3.8, 4) is 5.75 Å². The smallest absolute Gasteiger partial charge is 0.119 e. The van der Waals surface area contributed by atoms with E-state index in [9.17, 15) is 0 Å². The van der Waals surface area contributed by atoms with Crippen LogP contribution in [0.5, 0.6) is 5.75 Å². The minimum absolute atomic E-state index is 0.809. The predicted molar refractivity (Wildman–Crippen MR) is 94.9 cm³/mol. The third kappa shape index (κ3) is 4.59. The molecule has 0 saturated carbocycles. The Morgan fingerprint density at radius 1 is 0.957 bits per heavy atom. The summed E-state index contributed by atoms with van der Waals surface area (Å²) in [6.45, 7) is 2.81. The summed E-state index contributed by atoms with van der Waals surface area (Å²) in [6.07, 6.45) is 5.95. The Balaban J connectivity index is 1.33. The number of rotatable bonds is 8. The number of nitrogens with one attached hydrogen (secondary N) is 1. The van der Waals surface area contributed by atoms with E-state index in [1.54, 1.807) is 0 Å². The van der Waals surface area contributed by atoms with Gasteiger partial charge in [-0.05, 0) is 56.0 Å². The lowest BCUT2D eigenvalue weighted by Crippen LogP contribution is -1.97. The lowest BCUT2D eigenvalue weighted by molar-refractivity contribution is 0.304. The molecule has 0 unspecified atom stereocenters. The van der Waals surface area contributed by atoms with E-state index in [2.05, 4.69) is 28.2 Å². The van der Waals surface area contributed by atoms with Gasteiger partial charge in [0.25, 0.3) is 0 Å². The fourth-order valence-electron chi connectivity index (χ4n) is 2.83. The van der Waals surface area contributed by atoms with E-state index in [1.165, 1.54) is 24.8 Å². The van der Waals surface area contributed by atoms with Crippen molar-refractivity contribution in [2.75, 3.05) is 6.61 Å². The number of aromatic nitrogens is 2. The van der Waals surface area contributed by atoms with Gasteiger partial charge < -0.3 is 9.72 Å². The van der Waals surface area contributed by atoms with E-state index >= 15 is 0 Å². The van der Waals surface area contributed by atoms with Crippen molar-refractivity contribution in [1.29, 1.82) is 0 Å². The van der Waals surface area contributed by atoms with Gasteiger partial charge in [0.2, 0.25) is 0 Å². The van der Waals surface area contributed by atoms with Crippen molar-refractivity contribution < 1.29 is 4.74 Å². The zero-order valence-electron chi connectivity index (χ0n) is 13.7. The maximum absolute atomic E-state index is 5.71. The molecule has 3 nitrogen and oxygen atoms in total. The molecule has 120 valence electrons. The quantitative estimate of drug-likeness (QED) is 0.591. The molecule has 0 aliphatic heterocycles. The van der Waals surface area contributed by atoms with Gasteiger partial charge in [-0.15, -0.1) is 0 Å². The number of unbranched alkanes of at least 4 members (excludes halogenated alkanes) is 3. The molecule has 0 amide bonds. The van der Waals surface area contributed by atoms with Gasteiger partial charge in [0.05, 0.1) is 17.6 Å². The summed E-state index contributed by atoms with van der Waals surface area (Å²) in [5, 5.41) is 0. The van der Waals surface area contributed by atoms with E-state index in [0.29, 0.717) is 0 Å². The minimum Gasteiger partial charge on any atom is -0.494 e. The minimum atomic E-state index is 0.809. The number of benzene rings is 2. The van der Waals surface area contributed by atoms with Crippen molar-refractivity contribution in [3.63, 3.8) is 0 Å². The second kappa shape index (κ2) is 7.82. The number of aromatic amines is 1. The Morgan fingerprint density at radius 2 is 1.78 bits per heavy atom.